The highest BCUT2D eigenvalue weighted by Gasteiger charge is 2.22. The molecule has 1 fully saturated rings. The highest BCUT2D eigenvalue weighted by atomic mass is 16.3. The monoisotopic (exact) mass is 419 g/mol. The van der Waals surface area contributed by atoms with Crippen molar-refractivity contribution < 1.29 is 5.11 Å². The largest absolute Gasteiger partial charge is 0.395 e. The van der Waals surface area contributed by atoms with Crippen molar-refractivity contribution in [3.05, 3.63) is 53.2 Å². The zero-order chi connectivity index (χ0) is 21.8. The molecule has 2 heterocycles. The van der Waals surface area contributed by atoms with Gasteiger partial charge in [-0.2, -0.15) is 0 Å². The Morgan fingerprint density at radius 3 is 2.71 bits per heavy atom. The van der Waals surface area contributed by atoms with E-state index in [0.717, 1.165) is 63.9 Å². The highest BCUT2D eigenvalue weighted by Crippen LogP contribution is 2.37. The molecule has 1 aromatic heterocycles. The maximum atomic E-state index is 9.21. The van der Waals surface area contributed by atoms with Crippen LogP contribution in [0.2, 0.25) is 0 Å². The number of aromatic amines is 1. The molecule has 0 spiro atoms. The van der Waals surface area contributed by atoms with Crippen LogP contribution in [0.5, 0.6) is 0 Å². The van der Waals surface area contributed by atoms with E-state index in [2.05, 4.69) is 54.1 Å². The van der Waals surface area contributed by atoms with Crippen LogP contribution < -0.4 is 0 Å². The number of hydrogen-bond donors (Lipinski definition) is 3. The molecule has 0 radical (unpaired) electrons. The van der Waals surface area contributed by atoms with Crippen LogP contribution in [0, 0.1) is 5.41 Å². The summed E-state index contributed by atoms with van der Waals surface area (Å²) in [5.74, 6) is 1.02. The lowest BCUT2D eigenvalue weighted by atomic mass is 9.87. The van der Waals surface area contributed by atoms with Gasteiger partial charge < -0.3 is 20.4 Å². The van der Waals surface area contributed by atoms with E-state index in [9.17, 15) is 5.11 Å². The molecule has 2 aromatic rings. The number of hydrogen-bond acceptors (Lipinski definition) is 3. The number of nitrogens with one attached hydrogen (secondary N) is 2. The zero-order valence-electron chi connectivity index (χ0n) is 19.1. The topological polar surface area (TPSA) is 63.1 Å². The minimum atomic E-state index is 0.254. The number of nitrogens with zero attached hydrogens (tertiary/aromatic N) is 1. The summed E-state index contributed by atoms with van der Waals surface area (Å²) in [6.45, 7) is 7.76. The van der Waals surface area contributed by atoms with E-state index in [4.69, 9.17) is 5.41 Å². The lowest BCUT2D eigenvalue weighted by Crippen LogP contribution is -2.34. The molecule has 3 N–H and O–H groups in total. The van der Waals surface area contributed by atoms with Crippen molar-refractivity contribution in [3.8, 4) is 0 Å². The molecule has 4 nitrogen and oxygen atoms in total. The Balaban J connectivity index is 1.68. The summed E-state index contributed by atoms with van der Waals surface area (Å²) in [6.07, 6.45) is 13.0. The lowest BCUT2D eigenvalue weighted by molar-refractivity contribution is 0.164. The Hall–Kier alpha value is -2.17. The van der Waals surface area contributed by atoms with Crippen molar-refractivity contribution in [2.75, 3.05) is 26.2 Å². The molecule has 166 valence electrons. The van der Waals surface area contributed by atoms with E-state index >= 15 is 0 Å². The second kappa shape index (κ2) is 9.97. The third-order valence-electron chi connectivity index (χ3n) is 6.93. The van der Waals surface area contributed by atoms with Gasteiger partial charge in [-0.15, -0.1) is 0 Å². The van der Waals surface area contributed by atoms with Crippen molar-refractivity contribution in [1.29, 1.82) is 5.41 Å². The summed E-state index contributed by atoms with van der Waals surface area (Å²) in [5, 5.41) is 18.7. The predicted molar refractivity (Wildman–Crippen MR) is 131 cm³/mol. The van der Waals surface area contributed by atoms with Gasteiger partial charge in [-0.1, -0.05) is 32.1 Å². The number of aliphatic hydroxyl groups excluding tert-OH is 1. The summed E-state index contributed by atoms with van der Waals surface area (Å²) in [5.41, 5.74) is 7.24. The van der Waals surface area contributed by atoms with E-state index in [0.29, 0.717) is 11.8 Å². The number of aromatic nitrogens is 1. The van der Waals surface area contributed by atoms with E-state index in [1.807, 2.05) is 6.08 Å². The fourth-order valence-corrected chi connectivity index (χ4v) is 5.19. The van der Waals surface area contributed by atoms with Crippen LogP contribution in [0.1, 0.15) is 81.0 Å². The molecule has 31 heavy (non-hydrogen) atoms. The van der Waals surface area contributed by atoms with Crippen molar-refractivity contribution in [1.82, 2.24) is 9.88 Å². The van der Waals surface area contributed by atoms with Gasteiger partial charge in [0.05, 0.1) is 6.61 Å². The summed E-state index contributed by atoms with van der Waals surface area (Å²) in [6, 6.07) is 7.00. The third-order valence-corrected chi connectivity index (χ3v) is 6.93. The number of benzene rings is 1. The number of fused-ring (bicyclic) bond motifs is 1. The SMILES string of the molecule is CC(C)c1c(C2=C/CCCCC(=N)/C=C\2)[nH]c2ccc(C3CCN(CCO)CC3)cc12. The first kappa shape index (κ1) is 22.0. The molecule has 1 saturated heterocycles. The standard InChI is InChI=1S/C27H37N3O/c1-19(2)26-24-18-22(20-12-14-30(15-13-20)16-17-31)9-11-25(24)29-27(26)21-6-4-3-5-7-23(28)10-8-21/h6,8-11,18-20,28-29,31H,3-5,7,12-17H2,1-2H3/b10-8-,21-6+,28-23?. The average Bonchev–Trinajstić information content (AvgIpc) is 3.18. The zero-order valence-corrected chi connectivity index (χ0v) is 19.1. The molecule has 4 rings (SSSR count). The van der Waals surface area contributed by atoms with Crippen LogP contribution in [0.4, 0.5) is 0 Å². The van der Waals surface area contributed by atoms with E-state index in [1.165, 1.54) is 33.3 Å². The normalized spacial score (nSPS) is 22.2. The Bertz CT molecular complexity index is 974. The Morgan fingerprint density at radius 1 is 1.16 bits per heavy atom. The fourth-order valence-electron chi connectivity index (χ4n) is 5.19. The quantitative estimate of drug-likeness (QED) is 0.557. The van der Waals surface area contributed by atoms with Crippen LogP contribution in [-0.4, -0.2) is 46.9 Å². The molecule has 1 aliphatic heterocycles. The van der Waals surface area contributed by atoms with Gasteiger partial charge in [-0.05, 0) is 98.4 Å². The smallest absolute Gasteiger partial charge is 0.0558 e. The Kier molecular flexibility index (Phi) is 7.09. The first-order valence-electron chi connectivity index (χ1n) is 12.0. The molecule has 0 bridgehead atoms. The van der Waals surface area contributed by atoms with Gasteiger partial charge in [0.25, 0.3) is 0 Å². The van der Waals surface area contributed by atoms with Gasteiger partial charge in [-0.3, -0.25) is 0 Å². The second-order valence-corrected chi connectivity index (χ2v) is 9.48. The molecule has 1 aromatic carbocycles. The van der Waals surface area contributed by atoms with E-state index < -0.39 is 0 Å². The number of piperidine rings is 1. The average molecular weight is 420 g/mol. The molecule has 4 heteroatoms. The van der Waals surface area contributed by atoms with Gasteiger partial charge in [-0.25, -0.2) is 0 Å². The minimum absolute atomic E-state index is 0.254. The highest BCUT2D eigenvalue weighted by molar-refractivity contribution is 5.97. The predicted octanol–water partition coefficient (Wildman–Crippen LogP) is 6.00. The number of allylic oxidation sites excluding steroid dienone is 4. The molecule has 0 amide bonds. The molecule has 1 aliphatic carbocycles. The Morgan fingerprint density at radius 2 is 1.97 bits per heavy atom. The van der Waals surface area contributed by atoms with Crippen LogP contribution >= 0.6 is 0 Å². The first-order valence-corrected chi connectivity index (χ1v) is 12.0. The Labute approximate surface area is 186 Å². The molecule has 0 saturated carbocycles. The minimum Gasteiger partial charge on any atom is -0.395 e. The van der Waals surface area contributed by atoms with Crippen molar-refractivity contribution in [3.63, 3.8) is 0 Å². The van der Waals surface area contributed by atoms with Gasteiger partial charge >= 0.3 is 0 Å². The number of rotatable bonds is 5. The molecular formula is C27H37N3O. The fraction of sp³-hybridized carbons (Fsp3) is 0.519. The van der Waals surface area contributed by atoms with Crippen molar-refractivity contribution in [2.24, 2.45) is 0 Å². The van der Waals surface area contributed by atoms with Gasteiger partial charge in [0.1, 0.15) is 0 Å². The van der Waals surface area contributed by atoms with Crippen molar-refractivity contribution in [2.45, 2.75) is 64.2 Å². The summed E-state index contributed by atoms with van der Waals surface area (Å²) in [4.78, 5) is 6.10. The van der Waals surface area contributed by atoms with Crippen LogP contribution in [-0.2, 0) is 0 Å². The van der Waals surface area contributed by atoms with Crippen LogP contribution in [0.25, 0.3) is 16.5 Å². The number of likely N-dealkylation sites (tertiary alicyclic amines) is 1. The molecular weight excluding hydrogens is 382 g/mol. The van der Waals surface area contributed by atoms with E-state index in [1.54, 1.807) is 0 Å². The van der Waals surface area contributed by atoms with Gasteiger partial charge in [0.2, 0.25) is 0 Å². The maximum Gasteiger partial charge on any atom is 0.0558 e. The summed E-state index contributed by atoms with van der Waals surface area (Å²) < 4.78 is 0. The number of aliphatic hydroxyl groups is 1. The van der Waals surface area contributed by atoms with Crippen molar-refractivity contribution >= 4 is 22.2 Å². The first-order chi connectivity index (χ1) is 15.1. The summed E-state index contributed by atoms with van der Waals surface area (Å²) >= 11 is 0. The molecule has 0 atom stereocenters. The van der Waals surface area contributed by atoms with Crippen LogP contribution in [0.3, 0.4) is 0 Å². The summed E-state index contributed by atoms with van der Waals surface area (Å²) in [7, 11) is 0. The van der Waals surface area contributed by atoms with Gasteiger partial charge in [0, 0.05) is 28.9 Å². The van der Waals surface area contributed by atoms with Gasteiger partial charge in [0.15, 0.2) is 0 Å². The third kappa shape index (κ3) is 5.02. The van der Waals surface area contributed by atoms with Crippen LogP contribution in [0.15, 0.2) is 36.4 Å². The second-order valence-electron chi connectivity index (χ2n) is 9.48. The molecule has 2 aliphatic rings. The lowest BCUT2D eigenvalue weighted by Gasteiger charge is -2.31. The number of β-amino-alcohol motifs (C(OH)–C–C–N with tert-alkyl or cyclic N) is 1. The number of H-pyrrole nitrogens is 1. The molecule has 0 unspecified atom stereocenters. The maximum absolute atomic E-state index is 9.21. The van der Waals surface area contributed by atoms with E-state index in [-0.39, 0.29) is 6.61 Å².